The van der Waals surface area contributed by atoms with Crippen LogP contribution in [0, 0.1) is 11.3 Å². The Morgan fingerprint density at radius 1 is 1.57 bits per heavy atom. The van der Waals surface area contributed by atoms with Gasteiger partial charge in [-0.3, -0.25) is 0 Å². The number of nitrogens with zero attached hydrogens (tertiary/aromatic N) is 4. The van der Waals surface area contributed by atoms with Crippen LogP contribution < -0.4 is 0 Å². The zero-order chi connectivity index (χ0) is 9.97. The highest BCUT2D eigenvalue weighted by Gasteiger charge is 2.30. The van der Waals surface area contributed by atoms with Crippen molar-refractivity contribution in [3.8, 4) is 6.07 Å². The molecule has 0 aliphatic heterocycles. The molecule has 1 aliphatic rings. The van der Waals surface area contributed by atoms with Gasteiger partial charge in [0.25, 0.3) is 0 Å². The molecule has 0 spiro atoms. The monoisotopic (exact) mass is 192 g/mol. The highest BCUT2D eigenvalue weighted by molar-refractivity contribution is 5.22. The van der Waals surface area contributed by atoms with E-state index in [9.17, 15) is 0 Å². The van der Waals surface area contributed by atoms with Crippen molar-refractivity contribution >= 4 is 0 Å². The molecule has 0 aromatic carbocycles. The third-order valence-corrected chi connectivity index (χ3v) is 2.37. The molecule has 0 unspecified atom stereocenters. The van der Waals surface area contributed by atoms with Gasteiger partial charge in [-0.15, -0.1) is 5.10 Å². The fraction of sp³-hybridized carbons (Fsp3) is 0.667. The molecule has 0 amide bonds. The molecule has 2 rings (SSSR count). The highest BCUT2D eigenvalue weighted by Crippen LogP contribution is 2.41. The van der Waals surface area contributed by atoms with Crippen molar-refractivity contribution in [3.05, 3.63) is 11.4 Å². The predicted molar refractivity (Wildman–Crippen MR) is 48.4 cm³/mol. The van der Waals surface area contributed by atoms with Gasteiger partial charge in [-0.05, 0) is 12.8 Å². The Kier molecular flexibility index (Phi) is 2.46. The molecule has 1 aromatic heterocycles. The van der Waals surface area contributed by atoms with Crippen molar-refractivity contribution in [2.75, 3.05) is 6.61 Å². The van der Waals surface area contributed by atoms with E-state index in [-0.39, 0.29) is 6.61 Å². The van der Waals surface area contributed by atoms with E-state index in [1.165, 1.54) is 0 Å². The lowest BCUT2D eigenvalue weighted by Gasteiger charge is -2.03. The van der Waals surface area contributed by atoms with E-state index >= 15 is 0 Å². The number of hydrogen-bond donors (Lipinski definition) is 1. The van der Waals surface area contributed by atoms with Gasteiger partial charge in [0.15, 0.2) is 0 Å². The van der Waals surface area contributed by atoms with Crippen LogP contribution in [0.4, 0.5) is 0 Å². The van der Waals surface area contributed by atoms with Gasteiger partial charge in [0.2, 0.25) is 0 Å². The maximum atomic E-state index is 8.83. The van der Waals surface area contributed by atoms with E-state index in [1.807, 2.05) is 0 Å². The molecular weight excluding hydrogens is 180 g/mol. The largest absolute Gasteiger partial charge is 0.394 e. The Morgan fingerprint density at radius 3 is 2.93 bits per heavy atom. The predicted octanol–water partition coefficient (Wildman–Crippen LogP) is 0.214. The summed E-state index contributed by atoms with van der Waals surface area (Å²) in [6, 6.07) is 2.08. The van der Waals surface area contributed by atoms with Crippen LogP contribution in [0.2, 0.25) is 0 Å². The summed E-state index contributed by atoms with van der Waals surface area (Å²) in [7, 11) is 0. The first-order valence-electron chi connectivity index (χ1n) is 4.77. The number of hydrogen-bond acceptors (Lipinski definition) is 4. The Balaban J connectivity index is 2.27. The molecule has 0 bridgehead atoms. The Labute approximate surface area is 82.0 Å². The van der Waals surface area contributed by atoms with E-state index < -0.39 is 0 Å². The van der Waals surface area contributed by atoms with Crippen molar-refractivity contribution < 1.29 is 5.11 Å². The summed E-state index contributed by atoms with van der Waals surface area (Å²) >= 11 is 0. The standard InChI is InChI=1S/C9H12N4O/c10-4-3-8-9(7-1-2-7)13(5-6-14)12-11-8/h7,14H,1-3,5-6H2. The summed E-state index contributed by atoms with van der Waals surface area (Å²) < 4.78 is 1.73. The fourth-order valence-corrected chi connectivity index (χ4v) is 1.62. The third-order valence-electron chi connectivity index (χ3n) is 2.37. The summed E-state index contributed by atoms with van der Waals surface area (Å²) in [5.74, 6) is 0.514. The number of aliphatic hydroxyl groups is 1. The Hall–Kier alpha value is -1.41. The molecule has 1 N–H and O–H groups in total. The summed E-state index contributed by atoms with van der Waals surface area (Å²) in [5.41, 5.74) is 1.84. The van der Waals surface area contributed by atoms with Gasteiger partial charge in [-0.25, -0.2) is 4.68 Å². The smallest absolute Gasteiger partial charge is 0.100 e. The van der Waals surface area contributed by atoms with E-state index in [2.05, 4.69) is 16.4 Å². The van der Waals surface area contributed by atoms with Crippen LogP contribution in [0.15, 0.2) is 0 Å². The second-order valence-corrected chi connectivity index (χ2v) is 3.48. The molecule has 1 heterocycles. The Bertz CT molecular complexity index is 361. The summed E-state index contributed by atoms with van der Waals surface area (Å²) in [6.45, 7) is 0.541. The number of aliphatic hydroxyl groups excluding tert-OH is 1. The van der Waals surface area contributed by atoms with Crippen LogP contribution >= 0.6 is 0 Å². The van der Waals surface area contributed by atoms with Crippen molar-refractivity contribution in [1.29, 1.82) is 5.26 Å². The normalized spacial score (nSPS) is 15.4. The van der Waals surface area contributed by atoms with Crippen molar-refractivity contribution in [1.82, 2.24) is 15.0 Å². The number of rotatable bonds is 4. The van der Waals surface area contributed by atoms with E-state index in [4.69, 9.17) is 10.4 Å². The molecule has 5 nitrogen and oxygen atoms in total. The molecule has 0 radical (unpaired) electrons. The first-order valence-corrected chi connectivity index (χ1v) is 4.77. The van der Waals surface area contributed by atoms with E-state index in [0.29, 0.717) is 18.9 Å². The molecule has 1 aromatic rings. The van der Waals surface area contributed by atoms with E-state index in [0.717, 1.165) is 24.2 Å². The van der Waals surface area contributed by atoms with Crippen molar-refractivity contribution in [2.45, 2.75) is 31.7 Å². The average Bonchev–Trinajstić information content (AvgIpc) is 2.93. The summed E-state index contributed by atoms with van der Waals surface area (Å²) in [4.78, 5) is 0. The first-order chi connectivity index (χ1) is 6.86. The van der Waals surface area contributed by atoms with Crippen LogP contribution in [0.25, 0.3) is 0 Å². The van der Waals surface area contributed by atoms with Gasteiger partial charge in [-0.2, -0.15) is 5.26 Å². The van der Waals surface area contributed by atoms with Crippen molar-refractivity contribution in [2.24, 2.45) is 0 Å². The fourth-order valence-electron chi connectivity index (χ4n) is 1.62. The topological polar surface area (TPSA) is 74.7 Å². The number of nitriles is 1. The van der Waals surface area contributed by atoms with Crippen LogP contribution in [-0.4, -0.2) is 26.7 Å². The van der Waals surface area contributed by atoms with Gasteiger partial charge < -0.3 is 5.11 Å². The molecular formula is C9H12N4O. The molecule has 1 fully saturated rings. The van der Waals surface area contributed by atoms with Crippen LogP contribution in [0.1, 0.15) is 30.1 Å². The minimum Gasteiger partial charge on any atom is -0.394 e. The third kappa shape index (κ3) is 1.61. The zero-order valence-corrected chi connectivity index (χ0v) is 7.85. The Morgan fingerprint density at radius 2 is 2.36 bits per heavy atom. The average molecular weight is 192 g/mol. The molecule has 0 saturated heterocycles. The second-order valence-electron chi connectivity index (χ2n) is 3.48. The van der Waals surface area contributed by atoms with Crippen LogP contribution in [0.5, 0.6) is 0 Å². The van der Waals surface area contributed by atoms with Gasteiger partial charge in [-0.1, -0.05) is 5.21 Å². The lowest BCUT2D eigenvalue weighted by atomic mass is 10.2. The highest BCUT2D eigenvalue weighted by atomic mass is 16.3. The quantitative estimate of drug-likeness (QED) is 0.740. The van der Waals surface area contributed by atoms with Crippen molar-refractivity contribution in [3.63, 3.8) is 0 Å². The van der Waals surface area contributed by atoms with Crippen LogP contribution in [0.3, 0.4) is 0 Å². The molecule has 1 saturated carbocycles. The molecule has 0 atom stereocenters. The SMILES string of the molecule is N#CCc1nnn(CCO)c1C1CC1. The maximum Gasteiger partial charge on any atom is 0.100 e. The second kappa shape index (κ2) is 3.76. The zero-order valence-electron chi connectivity index (χ0n) is 7.85. The van der Waals surface area contributed by atoms with E-state index in [1.54, 1.807) is 4.68 Å². The molecule has 5 heteroatoms. The molecule has 1 aliphatic carbocycles. The molecule has 14 heavy (non-hydrogen) atoms. The lowest BCUT2D eigenvalue weighted by molar-refractivity contribution is 0.266. The maximum absolute atomic E-state index is 8.83. The van der Waals surface area contributed by atoms with Gasteiger partial charge in [0, 0.05) is 5.92 Å². The van der Waals surface area contributed by atoms with Gasteiger partial charge in [0.05, 0.1) is 31.3 Å². The summed E-state index contributed by atoms with van der Waals surface area (Å²) in [6.07, 6.45) is 2.62. The number of aromatic nitrogens is 3. The van der Waals surface area contributed by atoms with Crippen LogP contribution in [-0.2, 0) is 13.0 Å². The van der Waals surface area contributed by atoms with Gasteiger partial charge >= 0.3 is 0 Å². The minimum absolute atomic E-state index is 0.0646. The van der Waals surface area contributed by atoms with Gasteiger partial charge in [0.1, 0.15) is 5.69 Å². The molecule has 74 valence electrons. The minimum atomic E-state index is 0.0646. The lowest BCUT2D eigenvalue weighted by Crippen LogP contribution is -2.08. The first kappa shape index (κ1) is 9.16. The summed E-state index contributed by atoms with van der Waals surface area (Å²) in [5, 5.41) is 25.3.